The number of nitrogens with one attached hydrogen (secondary N) is 1. The van der Waals surface area contributed by atoms with E-state index in [9.17, 15) is 14.4 Å². The van der Waals surface area contributed by atoms with Gasteiger partial charge in [0.1, 0.15) is 11.3 Å². The number of hydrogen-bond acceptors (Lipinski definition) is 6. The topological polar surface area (TPSA) is 103 Å². The number of thiocarbonyl (C=S) groups is 1. The highest BCUT2D eigenvalue weighted by Crippen LogP contribution is 2.26. The fourth-order valence-electron chi connectivity index (χ4n) is 3.67. The van der Waals surface area contributed by atoms with Crippen molar-refractivity contribution in [3.8, 4) is 0 Å². The van der Waals surface area contributed by atoms with E-state index < -0.39 is 17.8 Å². The average molecular weight is 439 g/mol. The van der Waals surface area contributed by atoms with Gasteiger partial charge in [-0.25, -0.2) is 4.79 Å². The molecule has 2 fully saturated rings. The number of carbonyl (C=O) groups excluding carboxylic acids is 2. The number of carboxylic acid groups (broad SMARTS) is 1. The van der Waals surface area contributed by atoms with E-state index in [1.54, 1.807) is 6.07 Å². The molecule has 0 bridgehead atoms. The summed E-state index contributed by atoms with van der Waals surface area (Å²) < 4.78 is 5.89. The van der Waals surface area contributed by atoms with Gasteiger partial charge in [0.15, 0.2) is 11.0 Å². The van der Waals surface area contributed by atoms with Crippen LogP contribution in [0.15, 0.2) is 46.4 Å². The molecule has 2 aliphatic rings. The Kier molecular flexibility index (Phi) is 5.85. The Balaban J connectivity index is 1.59. The molecule has 0 aliphatic carbocycles. The number of carbonyl (C=O) groups is 3. The molecule has 2 amide bonds. The standard InChI is InChI=1S/C22H21N3O5S/c26-19-17(13-16-9-10-18(30-16)24-11-3-1-2-4-12-24)20(27)25(22(31)23-19)15-7-5-14(6-8-15)21(28)29/h5-10,13H,1-4,11-12H2,(H,28,29)(H,23,26,31)/b17-13+. The van der Waals surface area contributed by atoms with Gasteiger partial charge in [-0.3, -0.25) is 19.8 Å². The highest BCUT2D eigenvalue weighted by atomic mass is 32.1. The van der Waals surface area contributed by atoms with Gasteiger partial charge in [0.05, 0.1) is 11.3 Å². The maximum Gasteiger partial charge on any atom is 0.335 e. The maximum absolute atomic E-state index is 13.1. The first-order valence-electron chi connectivity index (χ1n) is 10.0. The number of furan rings is 1. The lowest BCUT2D eigenvalue weighted by molar-refractivity contribution is -0.122. The van der Waals surface area contributed by atoms with Crippen LogP contribution in [0.2, 0.25) is 0 Å². The summed E-state index contributed by atoms with van der Waals surface area (Å²) in [4.78, 5) is 39.9. The predicted molar refractivity (Wildman–Crippen MR) is 119 cm³/mol. The number of benzene rings is 1. The summed E-state index contributed by atoms with van der Waals surface area (Å²) >= 11 is 5.17. The molecule has 4 rings (SSSR count). The van der Waals surface area contributed by atoms with E-state index in [-0.39, 0.29) is 16.2 Å². The molecule has 2 saturated heterocycles. The Morgan fingerprint density at radius 1 is 1.03 bits per heavy atom. The minimum absolute atomic E-state index is 0.0695. The van der Waals surface area contributed by atoms with E-state index in [2.05, 4.69) is 10.2 Å². The van der Waals surface area contributed by atoms with E-state index in [1.807, 2.05) is 6.07 Å². The molecule has 2 N–H and O–H groups in total. The smallest absolute Gasteiger partial charge is 0.335 e. The van der Waals surface area contributed by atoms with Crippen molar-refractivity contribution >= 4 is 52.8 Å². The van der Waals surface area contributed by atoms with Gasteiger partial charge < -0.3 is 14.4 Å². The molecular weight excluding hydrogens is 418 g/mol. The number of hydrogen-bond donors (Lipinski definition) is 2. The monoisotopic (exact) mass is 439 g/mol. The van der Waals surface area contributed by atoms with Crippen molar-refractivity contribution in [2.24, 2.45) is 0 Å². The Morgan fingerprint density at radius 3 is 2.35 bits per heavy atom. The summed E-state index contributed by atoms with van der Waals surface area (Å²) in [5.74, 6) is -1.18. The van der Waals surface area contributed by atoms with Crippen LogP contribution in [-0.2, 0) is 9.59 Å². The van der Waals surface area contributed by atoms with Crippen LogP contribution in [0.4, 0.5) is 11.6 Å². The molecule has 31 heavy (non-hydrogen) atoms. The predicted octanol–water partition coefficient (Wildman–Crippen LogP) is 3.19. The molecule has 0 spiro atoms. The molecule has 2 aliphatic heterocycles. The fraction of sp³-hybridized carbons (Fsp3) is 0.273. The lowest BCUT2D eigenvalue weighted by Gasteiger charge is -2.28. The molecule has 1 aromatic heterocycles. The first kappa shape index (κ1) is 20.8. The normalized spacial score (nSPS) is 18.8. The third-order valence-corrected chi connectivity index (χ3v) is 5.58. The Bertz CT molecular complexity index is 1070. The molecule has 1 aromatic carbocycles. The number of nitrogens with zero attached hydrogens (tertiary/aromatic N) is 2. The van der Waals surface area contributed by atoms with E-state index in [0.29, 0.717) is 17.3 Å². The first-order valence-corrected chi connectivity index (χ1v) is 10.4. The average Bonchev–Trinajstić information content (AvgIpc) is 3.04. The summed E-state index contributed by atoms with van der Waals surface area (Å²) in [5, 5.41) is 11.5. The molecule has 0 saturated carbocycles. The van der Waals surface area contributed by atoms with E-state index >= 15 is 0 Å². The summed E-state index contributed by atoms with van der Waals surface area (Å²) in [5.41, 5.74) is 0.318. The highest BCUT2D eigenvalue weighted by molar-refractivity contribution is 7.80. The van der Waals surface area contributed by atoms with Crippen LogP contribution in [0.1, 0.15) is 41.8 Å². The van der Waals surface area contributed by atoms with Crippen molar-refractivity contribution in [1.29, 1.82) is 0 Å². The maximum atomic E-state index is 13.1. The zero-order chi connectivity index (χ0) is 22.0. The quantitative estimate of drug-likeness (QED) is 0.428. The van der Waals surface area contributed by atoms with Crippen molar-refractivity contribution in [2.75, 3.05) is 22.9 Å². The SMILES string of the molecule is O=C1NC(=S)N(c2ccc(C(=O)O)cc2)C(=O)/C1=C/c1ccc(N2CCCCCC2)o1. The lowest BCUT2D eigenvalue weighted by atomic mass is 10.1. The second kappa shape index (κ2) is 8.73. The molecule has 9 heteroatoms. The number of rotatable bonds is 4. The first-order chi connectivity index (χ1) is 14.9. The van der Waals surface area contributed by atoms with Crippen LogP contribution in [-0.4, -0.2) is 41.1 Å². The molecule has 2 aromatic rings. The van der Waals surface area contributed by atoms with Crippen molar-refractivity contribution in [3.63, 3.8) is 0 Å². The minimum atomic E-state index is -1.08. The number of carboxylic acids is 1. The lowest BCUT2D eigenvalue weighted by Crippen LogP contribution is -2.54. The van der Waals surface area contributed by atoms with Crippen LogP contribution in [0, 0.1) is 0 Å². The van der Waals surface area contributed by atoms with E-state index in [4.69, 9.17) is 21.7 Å². The van der Waals surface area contributed by atoms with Gasteiger partial charge in [-0.15, -0.1) is 0 Å². The van der Waals surface area contributed by atoms with E-state index in [1.165, 1.54) is 43.2 Å². The minimum Gasteiger partial charge on any atom is -0.478 e. The second-order valence-corrected chi connectivity index (χ2v) is 7.77. The fourth-order valence-corrected chi connectivity index (χ4v) is 3.95. The van der Waals surface area contributed by atoms with Crippen molar-refractivity contribution < 1.29 is 23.9 Å². The Labute approximate surface area is 184 Å². The van der Waals surface area contributed by atoms with Gasteiger partial charge in [0, 0.05) is 19.2 Å². The number of aromatic carboxylic acids is 1. The zero-order valence-electron chi connectivity index (χ0n) is 16.7. The third kappa shape index (κ3) is 4.36. The summed E-state index contributed by atoms with van der Waals surface area (Å²) in [6.07, 6.45) is 6.01. The zero-order valence-corrected chi connectivity index (χ0v) is 17.5. The third-order valence-electron chi connectivity index (χ3n) is 5.29. The number of anilines is 2. The second-order valence-electron chi connectivity index (χ2n) is 7.39. The molecule has 160 valence electrons. The van der Waals surface area contributed by atoms with Crippen LogP contribution >= 0.6 is 12.2 Å². The molecular formula is C22H21N3O5S. The van der Waals surface area contributed by atoms with Gasteiger partial charge in [-0.2, -0.15) is 0 Å². The molecule has 0 radical (unpaired) electrons. The molecule has 8 nitrogen and oxygen atoms in total. The molecule has 3 heterocycles. The van der Waals surface area contributed by atoms with E-state index in [0.717, 1.165) is 30.8 Å². The van der Waals surface area contributed by atoms with Gasteiger partial charge >= 0.3 is 5.97 Å². The van der Waals surface area contributed by atoms with Crippen LogP contribution < -0.4 is 15.1 Å². The van der Waals surface area contributed by atoms with Gasteiger partial charge in [-0.05, 0) is 61.5 Å². The number of amides is 2. The van der Waals surface area contributed by atoms with Crippen molar-refractivity contribution in [3.05, 3.63) is 53.3 Å². The van der Waals surface area contributed by atoms with Crippen LogP contribution in [0.3, 0.4) is 0 Å². The van der Waals surface area contributed by atoms with Gasteiger partial charge in [0.2, 0.25) is 0 Å². The van der Waals surface area contributed by atoms with Crippen LogP contribution in [0.25, 0.3) is 6.08 Å². The Morgan fingerprint density at radius 2 is 1.71 bits per heavy atom. The summed E-state index contributed by atoms with van der Waals surface area (Å²) in [6, 6.07) is 9.24. The molecule has 0 atom stereocenters. The van der Waals surface area contributed by atoms with Gasteiger partial charge in [0.25, 0.3) is 11.8 Å². The van der Waals surface area contributed by atoms with Gasteiger partial charge in [-0.1, -0.05) is 12.8 Å². The van der Waals surface area contributed by atoms with Crippen molar-refractivity contribution in [2.45, 2.75) is 25.7 Å². The summed E-state index contributed by atoms with van der Waals surface area (Å²) in [7, 11) is 0. The highest BCUT2D eigenvalue weighted by Gasteiger charge is 2.34. The van der Waals surface area contributed by atoms with Crippen molar-refractivity contribution in [1.82, 2.24) is 5.32 Å². The summed E-state index contributed by atoms with van der Waals surface area (Å²) in [6.45, 7) is 1.83. The molecule has 0 unspecified atom stereocenters. The van der Waals surface area contributed by atoms with Crippen LogP contribution in [0.5, 0.6) is 0 Å². The Hall–Kier alpha value is -3.46. The largest absolute Gasteiger partial charge is 0.478 e.